The Balaban J connectivity index is 2.05. The molecule has 7 nitrogen and oxygen atoms in total. The minimum Gasteiger partial charge on any atom is -0.468 e. The number of hydrogen-bond acceptors (Lipinski definition) is 8. The maximum absolute atomic E-state index is 12.2. The van der Waals surface area contributed by atoms with Gasteiger partial charge in [0.1, 0.15) is 0 Å². The molecule has 0 aliphatic carbocycles. The van der Waals surface area contributed by atoms with Gasteiger partial charge in [-0.05, 0) is 24.3 Å². The Morgan fingerprint density at radius 1 is 1.36 bits per heavy atom. The van der Waals surface area contributed by atoms with Crippen molar-refractivity contribution in [3.05, 3.63) is 28.7 Å². The second-order valence-corrected chi connectivity index (χ2v) is 8.60. The number of halogens is 1. The fourth-order valence-electron chi connectivity index (χ4n) is 1.28. The number of esters is 1. The molecule has 0 spiro atoms. The maximum atomic E-state index is 12.2. The Morgan fingerprint density at radius 3 is 2.68 bits per heavy atom. The number of nitrogens with one attached hydrogen (secondary N) is 1. The zero-order chi connectivity index (χ0) is 16.2. The molecule has 0 unspecified atom stereocenters. The maximum Gasteiger partial charge on any atom is 0.316 e. The molecule has 1 heterocycles. The Hall–Kier alpha value is -1.17. The minimum absolute atomic E-state index is 0.0879. The number of methoxy groups -OCH3 is 1. The van der Waals surface area contributed by atoms with Gasteiger partial charge in [0.2, 0.25) is 5.13 Å². The van der Waals surface area contributed by atoms with Crippen molar-refractivity contribution in [3.8, 4) is 0 Å². The highest BCUT2D eigenvalue weighted by Gasteiger charge is 2.17. The minimum atomic E-state index is -3.72. The van der Waals surface area contributed by atoms with Gasteiger partial charge in [-0.15, -0.1) is 10.2 Å². The number of ether oxygens (including phenoxy) is 1. The van der Waals surface area contributed by atoms with Crippen molar-refractivity contribution in [3.63, 3.8) is 0 Å². The van der Waals surface area contributed by atoms with E-state index in [1.807, 2.05) is 0 Å². The first-order chi connectivity index (χ1) is 10.4. The van der Waals surface area contributed by atoms with Crippen molar-refractivity contribution < 1.29 is 17.9 Å². The second-order valence-electron chi connectivity index (χ2n) is 3.80. The van der Waals surface area contributed by atoms with Crippen LogP contribution < -0.4 is 4.72 Å². The lowest BCUT2D eigenvalue weighted by atomic mass is 10.4. The van der Waals surface area contributed by atoms with Crippen LogP contribution in [0.2, 0.25) is 0 Å². The largest absolute Gasteiger partial charge is 0.468 e. The van der Waals surface area contributed by atoms with Crippen molar-refractivity contribution in [1.82, 2.24) is 10.2 Å². The number of rotatable bonds is 6. The molecule has 2 rings (SSSR count). The third-order valence-corrected chi connectivity index (χ3v) is 6.25. The summed E-state index contributed by atoms with van der Waals surface area (Å²) in [5.41, 5.74) is 0. The molecule has 0 amide bonds. The number of nitrogens with zero attached hydrogens (tertiary/aromatic N) is 2. The molecule has 0 radical (unpaired) electrons. The molecule has 2 aromatic rings. The molecule has 11 heteroatoms. The van der Waals surface area contributed by atoms with Crippen molar-refractivity contribution >= 4 is 60.2 Å². The van der Waals surface area contributed by atoms with Crippen LogP contribution in [0.15, 0.2) is 38.0 Å². The summed E-state index contributed by atoms with van der Waals surface area (Å²) in [7, 11) is -2.42. The van der Waals surface area contributed by atoms with Gasteiger partial charge in [-0.2, -0.15) is 0 Å². The standard InChI is InChI=1S/C11H10BrN3O4S3/c1-19-9(16)6-20-11-14-13-10(21-11)15-22(17,18)8-4-2-7(12)3-5-8/h2-5H,6H2,1H3,(H,13,15). The molecule has 118 valence electrons. The summed E-state index contributed by atoms with van der Waals surface area (Å²) in [6.45, 7) is 0. The van der Waals surface area contributed by atoms with E-state index in [2.05, 4.69) is 35.6 Å². The molecule has 0 bridgehead atoms. The quantitative estimate of drug-likeness (QED) is 0.562. The van der Waals surface area contributed by atoms with Crippen molar-refractivity contribution in [2.24, 2.45) is 0 Å². The van der Waals surface area contributed by atoms with E-state index in [-0.39, 0.29) is 15.8 Å². The van der Waals surface area contributed by atoms with Crippen LogP contribution in [0.1, 0.15) is 0 Å². The van der Waals surface area contributed by atoms with Crippen LogP contribution in [-0.2, 0) is 19.6 Å². The average molecular weight is 424 g/mol. The Labute approximate surface area is 143 Å². The zero-order valence-electron chi connectivity index (χ0n) is 11.1. The molecular formula is C11H10BrN3O4S3. The van der Waals surface area contributed by atoms with Crippen LogP contribution in [0.5, 0.6) is 0 Å². The lowest BCUT2D eigenvalue weighted by Crippen LogP contribution is -2.12. The van der Waals surface area contributed by atoms with Crippen molar-refractivity contribution in [2.75, 3.05) is 17.6 Å². The topological polar surface area (TPSA) is 98.2 Å². The summed E-state index contributed by atoms with van der Waals surface area (Å²) in [6.07, 6.45) is 0. The lowest BCUT2D eigenvalue weighted by molar-refractivity contribution is -0.137. The summed E-state index contributed by atoms with van der Waals surface area (Å²) in [5.74, 6) is -0.304. The number of sulfonamides is 1. The third kappa shape index (κ3) is 4.66. The van der Waals surface area contributed by atoms with Gasteiger partial charge in [0.15, 0.2) is 4.34 Å². The van der Waals surface area contributed by atoms with E-state index in [4.69, 9.17) is 0 Å². The van der Waals surface area contributed by atoms with E-state index in [1.54, 1.807) is 12.1 Å². The highest BCUT2D eigenvalue weighted by molar-refractivity contribution is 9.10. The van der Waals surface area contributed by atoms with Gasteiger partial charge in [-0.3, -0.25) is 9.52 Å². The van der Waals surface area contributed by atoms with E-state index in [9.17, 15) is 13.2 Å². The summed E-state index contributed by atoms with van der Waals surface area (Å²) >= 11 is 5.41. The van der Waals surface area contributed by atoms with E-state index in [0.29, 0.717) is 4.34 Å². The number of anilines is 1. The normalized spacial score (nSPS) is 11.2. The third-order valence-electron chi connectivity index (χ3n) is 2.29. The number of benzene rings is 1. The molecule has 0 saturated carbocycles. The van der Waals surface area contributed by atoms with E-state index >= 15 is 0 Å². The predicted molar refractivity (Wildman–Crippen MR) is 87.6 cm³/mol. The summed E-state index contributed by atoms with van der Waals surface area (Å²) in [6, 6.07) is 6.21. The van der Waals surface area contributed by atoms with Gasteiger partial charge >= 0.3 is 5.97 Å². The summed E-state index contributed by atoms with van der Waals surface area (Å²) in [5, 5.41) is 7.68. The Kier molecular flexibility index (Phi) is 5.78. The number of thioether (sulfide) groups is 1. The first-order valence-electron chi connectivity index (χ1n) is 5.72. The summed E-state index contributed by atoms with van der Waals surface area (Å²) in [4.78, 5) is 11.2. The van der Waals surface area contributed by atoms with Crippen LogP contribution in [0, 0.1) is 0 Å². The number of carbonyl (C=O) groups is 1. The van der Waals surface area contributed by atoms with Gasteiger partial charge in [-0.1, -0.05) is 39.0 Å². The summed E-state index contributed by atoms with van der Waals surface area (Å²) < 4.78 is 32.4. The molecule has 0 fully saturated rings. The highest BCUT2D eigenvalue weighted by atomic mass is 79.9. The molecule has 1 aromatic heterocycles. The number of aromatic nitrogens is 2. The first-order valence-corrected chi connectivity index (χ1v) is 9.80. The van der Waals surface area contributed by atoms with Crippen LogP contribution in [0.25, 0.3) is 0 Å². The number of hydrogen-bond donors (Lipinski definition) is 1. The molecular weight excluding hydrogens is 414 g/mol. The number of carbonyl (C=O) groups excluding carboxylic acids is 1. The smallest absolute Gasteiger partial charge is 0.316 e. The molecule has 0 atom stereocenters. The van der Waals surface area contributed by atoms with Gasteiger partial charge in [-0.25, -0.2) is 8.42 Å². The van der Waals surface area contributed by atoms with Crippen LogP contribution in [0.4, 0.5) is 5.13 Å². The van der Waals surface area contributed by atoms with Gasteiger partial charge in [0.25, 0.3) is 10.0 Å². The molecule has 1 aromatic carbocycles. The van der Waals surface area contributed by atoms with Gasteiger partial charge in [0.05, 0.1) is 17.8 Å². The predicted octanol–water partition coefficient (Wildman–Crippen LogP) is 2.37. The van der Waals surface area contributed by atoms with Gasteiger partial charge < -0.3 is 4.74 Å². The van der Waals surface area contributed by atoms with E-state index < -0.39 is 16.0 Å². The molecule has 1 N–H and O–H groups in total. The van der Waals surface area contributed by atoms with Crippen LogP contribution in [0.3, 0.4) is 0 Å². The molecule has 0 saturated heterocycles. The van der Waals surface area contributed by atoms with Crippen LogP contribution in [-0.4, -0.2) is 37.4 Å². The fourth-order valence-corrected chi connectivity index (χ4v) is 4.36. The zero-order valence-corrected chi connectivity index (χ0v) is 15.2. The van der Waals surface area contributed by atoms with E-state index in [1.165, 1.54) is 19.2 Å². The molecule has 22 heavy (non-hydrogen) atoms. The van der Waals surface area contributed by atoms with E-state index in [0.717, 1.165) is 27.6 Å². The first kappa shape index (κ1) is 17.2. The highest BCUT2D eigenvalue weighted by Crippen LogP contribution is 2.27. The van der Waals surface area contributed by atoms with Crippen molar-refractivity contribution in [2.45, 2.75) is 9.24 Å². The SMILES string of the molecule is COC(=O)CSc1nnc(NS(=O)(=O)c2ccc(Br)cc2)s1. The molecule has 0 aliphatic rings. The fraction of sp³-hybridized carbons (Fsp3) is 0.182. The average Bonchev–Trinajstić information content (AvgIpc) is 2.92. The Bertz CT molecular complexity index is 761. The Morgan fingerprint density at radius 2 is 2.05 bits per heavy atom. The van der Waals surface area contributed by atoms with Crippen LogP contribution >= 0.6 is 39.0 Å². The monoisotopic (exact) mass is 423 g/mol. The van der Waals surface area contributed by atoms with Gasteiger partial charge in [0, 0.05) is 4.47 Å². The molecule has 0 aliphatic heterocycles. The second kappa shape index (κ2) is 7.40. The van der Waals surface area contributed by atoms with Crippen molar-refractivity contribution in [1.29, 1.82) is 0 Å². The lowest BCUT2D eigenvalue weighted by Gasteiger charge is -2.04.